The van der Waals surface area contributed by atoms with Gasteiger partial charge in [0.05, 0.1) is 16.8 Å². The van der Waals surface area contributed by atoms with Gasteiger partial charge in [-0.25, -0.2) is 15.0 Å². The van der Waals surface area contributed by atoms with E-state index >= 15 is 0 Å². The molecule has 0 saturated carbocycles. The van der Waals surface area contributed by atoms with Crippen LogP contribution in [-0.2, 0) is 5.41 Å². The lowest BCUT2D eigenvalue weighted by atomic mass is 9.62. The van der Waals surface area contributed by atoms with Crippen LogP contribution in [0.3, 0.4) is 0 Å². The van der Waals surface area contributed by atoms with Crippen LogP contribution in [0.1, 0.15) is 33.6 Å². The number of hydrogen-bond donors (Lipinski definition) is 0. The standard InChI is InChI=1S/C53H38N4O/c1-3-4-25-42-36(2)58-49-43(42)26-18-29-46(49)53(40-23-12-7-13-24-40)44-27-14-16-30-47(44)57(48-31-17-15-28-45(48)53)41-34-32-39(33-35-41)52-55-50(37-19-8-5-9-20-37)54-51(56-52)38-21-10-6-11-22-38/h3-35H,1H2,2H3/b25-4-. The second kappa shape index (κ2) is 14.5. The molecule has 1 aliphatic heterocycles. The summed E-state index contributed by atoms with van der Waals surface area (Å²) in [6.07, 6.45) is 5.86. The van der Waals surface area contributed by atoms with Crippen molar-refractivity contribution in [1.29, 1.82) is 0 Å². The summed E-state index contributed by atoms with van der Waals surface area (Å²) < 4.78 is 6.78. The van der Waals surface area contributed by atoms with Crippen molar-refractivity contribution in [2.24, 2.45) is 0 Å². The molecule has 0 aliphatic carbocycles. The zero-order chi connectivity index (χ0) is 39.1. The summed E-state index contributed by atoms with van der Waals surface area (Å²) in [5.74, 6) is 2.75. The zero-order valence-corrected chi connectivity index (χ0v) is 32.0. The summed E-state index contributed by atoms with van der Waals surface area (Å²) >= 11 is 0. The lowest BCUT2D eigenvalue weighted by Gasteiger charge is -2.46. The minimum atomic E-state index is -0.708. The molecular formula is C53H38N4O. The molecule has 3 heterocycles. The summed E-state index contributed by atoms with van der Waals surface area (Å²) in [5, 5.41) is 1.07. The average molecular weight is 747 g/mol. The Morgan fingerprint density at radius 3 is 1.55 bits per heavy atom. The van der Waals surface area contributed by atoms with Crippen LogP contribution < -0.4 is 4.90 Å². The average Bonchev–Trinajstić information content (AvgIpc) is 3.62. The Morgan fingerprint density at radius 2 is 1.00 bits per heavy atom. The van der Waals surface area contributed by atoms with Crippen LogP contribution in [0.5, 0.6) is 0 Å². The van der Waals surface area contributed by atoms with E-state index in [0.29, 0.717) is 17.5 Å². The molecule has 1 aliphatic rings. The molecule has 7 aromatic carbocycles. The Bertz CT molecular complexity index is 2860. The zero-order valence-electron chi connectivity index (χ0n) is 32.0. The number of nitrogens with zero attached hydrogens (tertiary/aromatic N) is 4. The maximum absolute atomic E-state index is 6.78. The number of allylic oxidation sites excluding steroid dienone is 2. The topological polar surface area (TPSA) is 55.1 Å². The van der Waals surface area contributed by atoms with Crippen molar-refractivity contribution in [1.82, 2.24) is 15.0 Å². The number of hydrogen-bond acceptors (Lipinski definition) is 5. The van der Waals surface area contributed by atoms with E-state index in [2.05, 4.69) is 139 Å². The van der Waals surface area contributed by atoms with Crippen molar-refractivity contribution in [3.63, 3.8) is 0 Å². The highest BCUT2D eigenvalue weighted by Crippen LogP contribution is 2.58. The maximum Gasteiger partial charge on any atom is 0.164 e. The van der Waals surface area contributed by atoms with Gasteiger partial charge in [-0.05, 0) is 60.0 Å². The number of fused-ring (bicyclic) bond motifs is 3. The second-order valence-electron chi connectivity index (χ2n) is 14.4. The molecule has 5 heteroatoms. The van der Waals surface area contributed by atoms with E-state index < -0.39 is 5.41 Å². The van der Waals surface area contributed by atoms with Gasteiger partial charge >= 0.3 is 0 Å². The number of para-hydroxylation sites is 3. The smallest absolute Gasteiger partial charge is 0.164 e. The molecule has 276 valence electrons. The number of anilines is 3. The van der Waals surface area contributed by atoms with Crippen LogP contribution in [0.4, 0.5) is 17.1 Å². The van der Waals surface area contributed by atoms with E-state index in [9.17, 15) is 0 Å². The van der Waals surface area contributed by atoms with Crippen LogP contribution >= 0.6 is 0 Å². The van der Waals surface area contributed by atoms with Crippen molar-refractivity contribution < 1.29 is 4.42 Å². The van der Waals surface area contributed by atoms with Gasteiger partial charge in [0, 0.05) is 38.9 Å². The molecule has 0 bridgehead atoms. The normalized spacial score (nSPS) is 13.0. The molecule has 0 unspecified atom stereocenters. The van der Waals surface area contributed by atoms with Gasteiger partial charge in [0.15, 0.2) is 17.5 Å². The highest BCUT2D eigenvalue weighted by molar-refractivity contribution is 5.96. The maximum atomic E-state index is 6.78. The quantitative estimate of drug-likeness (QED) is 0.145. The summed E-state index contributed by atoms with van der Waals surface area (Å²) in [7, 11) is 0. The fraction of sp³-hybridized carbons (Fsp3) is 0.0377. The minimum Gasteiger partial charge on any atom is -0.460 e. The van der Waals surface area contributed by atoms with Gasteiger partial charge in [-0.3, -0.25) is 0 Å². The van der Waals surface area contributed by atoms with Gasteiger partial charge in [-0.1, -0.05) is 170 Å². The first-order valence-electron chi connectivity index (χ1n) is 19.5. The summed E-state index contributed by atoms with van der Waals surface area (Å²) in [6, 6.07) is 63.6. The number of aryl methyl sites for hydroxylation is 1. The first kappa shape index (κ1) is 34.8. The minimum absolute atomic E-state index is 0.617. The number of rotatable bonds is 8. The van der Waals surface area contributed by atoms with E-state index in [1.54, 1.807) is 6.08 Å². The van der Waals surface area contributed by atoms with Gasteiger partial charge in [-0.15, -0.1) is 0 Å². The molecule has 10 rings (SSSR count). The molecule has 0 N–H and O–H groups in total. The van der Waals surface area contributed by atoms with E-state index in [1.807, 2.05) is 73.7 Å². The molecule has 5 nitrogen and oxygen atoms in total. The van der Waals surface area contributed by atoms with E-state index in [1.165, 1.54) is 0 Å². The number of aromatic nitrogens is 3. The summed E-state index contributed by atoms with van der Waals surface area (Å²) in [4.78, 5) is 17.3. The first-order valence-corrected chi connectivity index (χ1v) is 19.5. The van der Waals surface area contributed by atoms with Crippen molar-refractivity contribution in [3.8, 4) is 34.2 Å². The monoisotopic (exact) mass is 746 g/mol. The molecule has 2 aromatic heterocycles. The van der Waals surface area contributed by atoms with Crippen molar-refractivity contribution in [3.05, 3.63) is 234 Å². The largest absolute Gasteiger partial charge is 0.460 e. The lowest BCUT2D eigenvalue weighted by molar-refractivity contribution is 0.566. The molecule has 0 amide bonds. The Morgan fingerprint density at radius 1 is 0.517 bits per heavy atom. The van der Waals surface area contributed by atoms with E-state index in [-0.39, 0.29) is 0 Å². The fourth-order valence-electron chi connectivity index (χ4n) is 8.59. The van der Waals surface area contributed by atoms with Crippen LogP contribution in [0.25, 0.3) is 51.2 Å². The predicted octanol–water partition coefficient (Wildman–Crippen LogP) is 13.3. The fourth-order valence-corrected chi connectivity index (χ4v) is 8.59. The van der Waals surface area contributed by atoms with Gasteiger partial charge in [0.2, 0.25) is 0 Å². The van der Waals surface area contributed by atoms with Gasteiger partial charge in [0.1, 0.15) is 11.3 Å². The Kier molecular flexibility index (Phi) is 8.68. The molecule has 0 atom stereocenters. The third-order valence-corrected chi connectivity index (χ3v) is 11.1. The van der Waals surface area contributed by atoms with E-state index in [0.717, 1.165) is 78.3 Å². The third kappa shape index (κ3) is 5.67. The molecule has 58 heavy (non-hydrogen) atoms. The Balaban J connectivity index is 1.16. The van der Waals surface area contributed by atoms with Gasteiger partial charge in [-0.2, -0.15) is 0 Å². The summed E-state index contributed by atoms with van der Waals surface area (Å²) in [5.41, 5.74) is 11.8. The molecule has 9 aromatic rings. The first-order chi connectivity index (χ1) is 28.6. The van der Waals surface area contributed by atoms with Crippen molar-refractivity contribution in [2.45, 2.75) is 12.3 Å². The van der Waals surface area contributed by atoms with Crippen LogP contribution in [-0.4, -0.2) is 15.0 Å². The highest BCUT2D eigenvalue weighted by atomic mass is 16.3. The molecule has 0 spiro atoms. The highest BCUT2D eigenvalue weighted by Gasteiger charge is 2.48. The van der Waals surface area contributed by atoms with Crippen LogP contribution in [0, 0.1) is 6.92 Å². The van der Waals surface area contributed by atoms with Crippen molar-refractivity contribution in [2.75, 3.05) is 4.90 Å². The third-order valence-electron chi connectivity index (χ3n) is 11.1. The van der Waals surface area contributed by atoms with Gasteiger partial charge in [0.25, 0.3) is 0 Å². The van der Waals surface area contributed by atoms with Crippen LogP contribution in [0.2, 0.25) is 0 Å². The SMILES string of the molecule is C=C/C=C\c1c(C)oc2c(C3(c4ccccc4)c4ccccc4N(c4ccc(-c5nc(-c6ccccc6)nc(-c6ccccc6)n5)cc4)c4ccccc43)cccc12. The molecule has 0 fully saturated rings. The number of benzene rings is 7. The molecule has 0 saturated heterocycles. The number of furan rings is 1. The van der Waals surface area contributed by atoms with Crippen LogP contribution in [0.15, 0.2) is 205 Å². The Labute approximate surface area is 338 Å². The predicted molar refractivity (Wildman–Crippen MR) is 236 cm³/mol. The Hall–Kier alpha value is -7.63. The van der Waals surface area contributed by atoms with Crippen molar-refractivity contribution >= 4 is 34.1 Å². The summed E-state index contributed by atoms with van der Waals surface area (Å²) in [6.45, 7) is 5.95. The molecular weight excluding hydrogens is 709 g/mol. The van der Waals surface area contributed by atoms with Gasteiger partial charge < -0.3 is 9.32 Å². The lowest BCUT2D eigenvalue weighted by Crippen LogP contribution is -2.37. The second-order valence-corrected chi connectivity index (χ2v) is 14.4. The van der Waals surface area contributed by atoms with E-state index in [4.69, 9.17) is 19.4 Å². The molecule has 0 radical (unpaired) electrons.